The summed E-state index contributed by atoms with van der Waals surface area (Å²) in [6.07, 6.45) is 0. The van der Waals surface area contributed by atoms with Crippen LogP contribution in [-0.2, 0) is 16.1 Å². The Morgan fingerprint density at radius 3 is 2.34 bits per heavy atom. The van der Waals surface area contributed by atoms with E-state index in [0.717, 1.165) is 21.6 Å². The molecule has 4 rings (SSSR count). The van der Waals surface area contributed by atoms with Crippen molar-refractivity contribution >= 4 is 34.4 Å². The Morgan fingerprint density at radius 1 is 0.897 bits per heavy atom. The number of likely N-dealkylation sites (N-methyl/N-ethyl adjacent to an activating group) is 1. The molecule has 0 spiro atoms. The second kappa shape index (κ2) is 7.68. The van der Waals surface area contributed by atoms with E-state index in [2.05, 4.69) is 0 Å². The van der Waals surface area contributed by atoms with Gasteiger partial charge in [0.15, 0.2) is 0 Å². The van der Waals surface area contributed by atoms with Crippen molar-refractivity contribution in [1.82, 2.24) is 4.90 Å². The van der Waals surface area contributed by atoms with Gasteiger partial charge in [-0.3, -0.25) is 9.59 Å². The van der Waals surface area contributed by atoms with Crippen LogP contribution in [0, 0.1) is 13.8 Å². The second-order valence-corrected chi connectivity index (χ2v) is 8.16. The number of imide groups is 1. The molecule has 29 heavy (non-hydrogen) atoms. The summed E-state index contributed by atoms with van der Waals surface area (Å²) in [6, 6.07) is 19.5. The summed E-state index contributed by atoms with van der Waals surface area (Å²) in [5, 5.41) is 1.93. The summed E-state index contributed by atoms with van der Waals surface area (Å²) in [4.78, 5) is 31.0. The first-order valence-corrected chi connectivity index (χ1v) is 10.3. The number of rotatable bonds is 5. The molecule has 0 aliphatic carbocycles. The molecule has 0 atom stereocenters. The fourth-order valence-corrected chi connectivity index (χ4v) is 4.41. The van der Waals surface area contributed by atoms with Crippen LogP contribution in [0.5, 0.6) is 0 Å². The van der Waals surface area contributed by atoms with E-state index in [1.165, 1.54) is 16.2 Å². The zero-order valence-electron chi connectivity index (χ0n) is 16.7. The van der Waals surface area contributed by atoms with Crippen molar-refractivity contribution in [2.24, 2.45) is 0 Å². The molecule has 0 fully saturated rings. The smallest absolute Gasteiger partial charge is 0.282 e. The number of thiophene rings is 1. The van der Waals surface area contributed by atoms with E-state index in [1.807, 2.05) is 91.8 Å². The third-order valence-corrected chi connectivity index (χ3v) is 6.18. The van der Waals surface area contributed by atoms with Gasteiger partial charge in [0.2, 0.25) is 0 Å². The van der Waals surface area contributed by atoms with E-state index in [9.17, 15) is 9.59 Å². The molecule has 1 aliphatic heterocycles. The molecule has 5 heteroatoms. The molecule has 1 aliphatic rings. The maximum Gasteiger partial charge on any atom is 0.282 e. The predicted molar refractivity (Wildman–Crippen MR) is 118 cm³/mol. The van der Waals surface area contributed by atoms with Crippen LogP contribution in [0.4, 0.5) is 5.69 Å². The Labute approximate surface area is 174 Å². The summed E-state index contributed by atoms with van der Waals surface area (Å²) in [5.74, 6) is -0.536. The number of carbonyl (C=O) groups excluding carboxylic acids is 2. The lowest BCUT2D eigenvalue weighted by molar-refractivity contribution is -0.120. The van der Waals surface area contributed by atoms with Crippen molar-refractivity contribution in [1.29, 1.82) is 0 Å². The van der Waals surface area contributed by atoms with E-state index in [-0.39, 0.29) is 11.8 Å². The summed E-state index contributed by atoms with van der Waals surface area (Å²) in [7, 11) is 1.87. The van der Waals surface area contributed by atoms with Gasteiger partial charge in [-0.15, -0.1) is 11.3 Å². The molecule has 1 aromatic heterocycles. The van der Waals surface area contributed by atoms with Gasteiger partial charge in [-0.25, -0.2) is 4.90 Å². The van der Waals surface area contributed by atoms with Crippen molar-refractivity contribution in [2.75, 3.05) is 11.9 Å². The molecule has 2 aromatic carbocycles. The number of aryl methyl sites for hydroxylation is 1. The van der Waals surface area contributed by atoms with E-state index in [1.54, 1.807) is 0 Å². The highest BCUT2D eigenvalue weighted by molar-refractivity contribution is 7.11. The highest BCUT2D eigenvalue weighted by atomic mass is 32.1. The lowest BCUT2D eigenvalue weighted by Gasteiger charge is -2.22. The van der Waals surface area contributed by atoms with Crippen LogP contribution in [0.1, 0.15) is 21.6 Å². The minimum Gasteiger partial charge on any atom is -0.365 e. The van der Waals surface area contributed by atoms with Crippen LogP contribution < -0.4 is 4.90 Å². The summed E-state index contributed by atoms with van der Waals surface area (Å²) in [5.41, 5.74) is 4.64. The molecule has 0 bridgehead atoms. The Morgan fingerprint density at radius 2 is 1.66 bits per heavy atom. The number of benzene rings is 2. The molecule has 2 amide bonds. The van der Waals surface area contributed by atoms with Crippen LogP contribution in [0.25, 0.3) is 5.57 Å². The normalized spacial score (nSPS) is 14.1. The molecule has 0 radical (unpaired) electrons. The van der Waals surface area contributed by atoms with Crippen LogP contribution in [-0.4, -0.2) is 23.8 Å². The Balaban J connectivity index is 1.80. The topological polar surface area (TPSA) is 40.6 Å². The van der Waals surface area contributed by atoms with Crippen LogP contribution in [0.3, 0.4) is 0 Å². The molecule has 146 valence electrons. The van der Waals surface area contributed by atoms with Crippen molar-refractivity contribution in [3.8, 4) is 0 Å². The van der Waals surface area contributed by atoms with E-state index < -0.39 is 0 Å². The van der Waals surface area contributed by atoms with Gasteiger partial charge in [0.1, 0.15) is 5.70 Å². The largest absolute Gasteiger partial charge is 0.365 e. The standard InChI is InChI=1S/C24H22N2O2S/c1-16-9-7-12-19(17(16)2)26-23(27)21(20-13-8-14-29-20)22(24(26)28)25(3)15-18-10-5-4-6-11-18/h4-14H,15H2,1-3H3. The number of hydrogen-bond donors (Lipinski definition) is 0. The van der Waals surface area contributed by atoms with Gasteiger partial charge in [-0.1, -0.05) is 48.5 Å². The van der Waals surface area contributed by atoms with E-state index >= 15 is 0 Å². The molecular formula is C24H22N2O2S. The SMILES string of the molecule is Cc1cccc(N2C(=O)C(c3cccs3)=C(N(C)Cc3ccccc3)C2=O)c1C. The number of hydrogen-bond acceptors (Lipinski definition) is 4. The molecule has 0 saturated heterocycles. The molecular weight excluding hydrogens is 380 g/mol. The van der Waals surface area contributed by atoms with Crippen molar-refractivity contribution in [2.45, 2.75) is 20.4 Å². The van der Waals surface area contributed by atoms with Gasteiger partial charge in [0.25, 0.3) is 11.8 Å². The maximum absolute atomic E-state index is 13.5. The predicted octanol–water partition coefficient (Wildman–Crippen LogP) is 4.78. The zero-order valence-corrected chi connectivity index (χ0v) is 17.5. The summed E-state index contributed by atoms with van der Waals surface area (Å²) >= 11 is 1.47. The fourth-order valence-electron chi connectivity index (χ4n) is 3.65. The van der Waals surface area contributed by atoms with Crippen molar-refractivity contribution < 1.29 is 9.59 Å². The van der Waals surface area contributed by atoms with E-state index in [0.29, 0.717) is 23.5 Å². The molecule has 0 unspecified atom stereocenters. The van der Waals surface area contributed by atoms with Gasteiger partial charge in [-0.05, 0) is 48.1 Å². The molecule has 3 aromatic rings. The summed E-state index contributed by atoms with van der Waals surface area (Å²) in [6.45, 7) is 4.48. The monoisotopic (exact) mass is 402 g/mol. The highest BCUT2D eigenvalue weighted by Crippen LogP contribution is 2.38. The maximum atomic E-state index is 13.5. The number of carbonyl (C=O) groups is 2. The molecule has 2 heterocycles. The van der Waals surface area contributed by atoms with Gasteiger partial charge in [0, 0.05) is 18.5 Å². The quantitative estimate of drug-likeness (QED) is 0.577. The number of amides is 2. The summed E-state index contributed by atoms with van der Waals surface area (Å²) < 4.78 is 0. The third kappa shape index (κ3) is 3.38. The van der Waals surface area contributed by atoms with Crippen LogP contribution in [0.2, 0.25) is 0 Å². The second-order valence-electron chi connectivity index (χ2n) is 7.21. The van der Waals surface area contributed by atoms with Crippen molar-refractivity contribution in [3.63, 3.8) is 0 Å². The molecule has 0 saturated carbocycles. The Hall–Kier alpha value is -3.18. The van der Waals surface area contributed by atoms with Crippen LogP contribution >= 0.6 is 11.3 Å². The molecule has 4 nitrogen and oxygen atoms in total. The van der Waals surface area contributed by atoms with Crippen molar-refractivity contribution in [3.05, 3.63) is 93.3 Å². The Bertz CT molecular complexity index is 1100. The lowest BCUT2D eigenvalue weighted by Crippen LogP contribution is -2.34. The third-order valence-electron chi connectivity index (χ3n) is 5.29. The number of anilines is 1. The molecule has 0 N–H and O–H groups in total. The highest BCUT2D eigenvalue weighted by Gasteiger charge is 2.42. The zero-order chi connectivity index (χ0) is 20.5. The first-order chi connectivity index (χ1) is 14.0. The van der Waals surface area contributed by atoms with Crippen LogP contribution in [0.15, 0.2) is 71.7 Å². The average molecular weight is 403 g/mol. The van der Waals surface area contributed by atoms with E-state index in [4.69, 9.17) is 0 Å². The lowest BCUT2D eigenvalue weighted by atomic mass is 10.1. The minimum atomic E-state index is -0.273. The fraction of sp³-hybridized carbons (Fsp3) is 0.167. The minimum absolute atomic E-state index is 0.263. The first kappa shape index (κ1) is 19.2. The van der Waals surface area contributed by atoms with Gasteiger partial charge in [-0.2, -0.15) is 0 Å². The Kier molecular flexibility index (Phi) is 5.07. The number of nitrogens with zero attached hydrogens (tertiary/aromatic N) is 2. The van der Waals surface area contributed by atoms with Gasteiger partial charge in [0.05, 0.1) is 11.3 Å². The van der Waals surface area contributed by atoms with Gasteiger partial charge < -0.3 is 4.90 Å². The average Bonchev–Trinajstić information content (AvgIpc) is 3.31. The van der Waals surface area contributed by atoms with Gasteiger partial charge >= 0.3 is 0 Å². The first-order valence-electron chi connectivity index (χ1n) is 9.47.